The molecule has 0 amide bonds. The number of nitrogen functional groups attached to an aromatic ring is 1. The van der Waals surface area contributed by atoms with Crippen LogP contribution in [0.25, 0.3) is 11.4 Å². The average molecular weight is 257 g/mol. The molecule has 0 aliphatic rings. The van der Waals surface area contributed by atoms with Crippen LogP contribution in [-0.2, 0) is 6.42 Å². The molecule has 0 saturated carbocycles. The van der Waals surface area contributed by atoms with Crippen molar-refractivity contribution in [3.05, 3.63) is 36.0 Å². The summed E-state index contributed by atoms with van der Waals surface area (Å²) in [5.41, 5.74) is 7.70. The minimum atomic E-state index is 0.492. The van der Waals surface area contributed by atoms with E-state index in [9.17, 15) is 0 Å². The monoisotopic (exact) mass is 257 g/mol. The SMILES string of the molecule is COc1ccccc1-c1nc(N)cc(CC(C)C)n1. The molecule has 0 radical (unpaired) electrons. The van der Waals surface area contributed by atoms with Gasteiger partial charge in [-0.25, -0.2) is 9.97 Å². The van der Waals surface area contributed by atoms with Gasteiger partial charge >= 0.3 is 0 Å². The summed E-state index contributed by atoms with van der Waals surface area (Å²) in [5.74, 6) is 2.39. The smallest absolute Gasteiger partial charge is 0.165 e. The molecule has 0 fully saturated rings. The van der Waals surface area contributed by atoms with Crippen molar-refractivity contribution >= 4 is 5.82 Å². The number of aromatic nitrogens is 2. The van der Waals surface area contributed by atoms with Crippen LogP contribution in [0.4, 0.5) is 5.82 Å². The number of anilines is 1. The van der Waals surface area contributed by atoms with E-state index in [2.05, 4.69) is 23.8 Å². The second kappa shape index (κ2) is 5.69. The van der Waals surface area contributed by atoms with Crippen LogP contribution in [0.2, 0.25) is 0 Å². The Morgan fingerprint density at radius 2 is 1.95 bits per heavy atom. The number of para-hydroxylation sites is 1. The summed E-state index contributed by atoms with van der Waals surface area (Å²) in [6, 6.07) is 9.52. The molecule has 1 aromatic carbocycles. The molecule has 4 nitrogen and oxygen atoms in total. The molecule has 0 spiro atoms. The summed E-state index contributed by atoms with van der Waals surface area (Å²) >= 11 is 0. The third-order valence-corrected chi connectivity index (χ3v) is 2.76. The lowest BCUT2D eigenvalue weighted by Gasteiger charge is -2.10. The molecule has 19 heavy (non-hydrogen) atoms. The van der Waals surface area contributed by atoms with Gasteiger partial charge in [0.15, 0.2) is 5.82 Å². The van der Waals surface area contributed by atoms with E-state index in [1.165, 1.54) is 0 Å². The Kier molecular flexibility index (Phi) is 4.00. The van der Waals surface area contributed by atoms with E-state index in [-0.39, 0.29) is 0 Å². The Labute approximate surface area is 113 Å². The maximum absolute atomic E-state index is 5.87. The Hall–Kier alpha value is -2.10. The fourth-order valence-electron chi connectivity index (χ4n) is 1.99. The first-order valence-electron chi connectivity index (χ1n) is 6.37. The Morgan fingerprint density at radius 3 is 2.63 bits per heavy atom. The van der Waals surface area contributed by atoms with E-state index in [0.717, 1.165) is 23.4 Å². The lowest BCUT2D eigenvalue weighted by atomic mass is 10.1. The van der Waals surface area contributed by atoms with E-state index in [1.54, 1.807) is 7.11 Å². The lowest BCUT2D eigenvalue weighted by Crippen LogP contribution is -2.04. The molecule has 0 unspecified atom stereocenters. The molecule has 2 N–H and O–H groups in total. The van der Waals surface area contributed by atoms with E-state index in [1.807, 2.05) is 30.3 Å². The largest absolute Gasteiger partial charge is 0.496 e. The number of benzene rings is 1. The van der Waals surface area contributed by atoms with E-state index >= 15 is 0 Å². The average Bonchev–Trinajstić information content (AvgIpc) is 2.37. The van der Waals surface area contributed by atoms with Gasteiger partial charge in [-0.1, -0.05) is 26.0 Å². The van der Waals surface area contributed by atoms with Gasteiger partial charge in [0.05, 0.1) is 12.7 Å². The van der Waals surface area contributed by atoms with Crippen LogP contribution in [0.1, 0.15) is 19.5 Å². The van der Waals surface area contributed by atoms with Crippen LogP contribution in [-0.4, -0.2) is 17.1 Å². The Morgan fingerprint density at radius 1 is 1.21 bits per heavy atom. The summed E-state index contributed by atoms with van der Waals surface area (Å²) in [4.78, 5) is 8.89. The van der Waals surface area contributed by atoms with Gasteiger partial charge in [-0.05, 0) is 24.5 Å². The van der Waals surface area contributed by atoms with Crippen LogP contribution in [0.3, 0.4) is 0 Å². The van der Waals surface area contributed by atoms with Crippen molar-refractivity contribution < 1.29 is 4.74 Å². The zero-order valence-electron chi connectivity index (χ0n) is 11.6. The van der Waals surface area contributed by atoms with Gasteiger partial charge in [0.1, 0.15) is 11.6 Å². The fraction of sp³-hybridized carbons (Fsp3) is 0.333. The number of nitrogens with two attached hydrogens (primary N) is 1. The highest BCUT2D eigenvalue weighted by Gasteiger charge is 2.10. The van der Waals surface area contributed by atoms with Crippen LogP contribution < -0.4 is 10.5 Å². The lowest BCUT2D eigenvalue weighted by molar-refractivity contribution is 0.416. The minimum Gasteiger partial charge on any atom is -0.496 e. The maximum Gasteiger partial charge on any atom is 0.165 e. The summed E-state index contributed by atoms with van der Waals surface area (Å²) in [6.45, 7) is 4.31. The Bertz CT molecular complexity index is 567. The van der Waals surface area contributed by atoms with Crippen molar-refractivity contribution in [2.45, 2.75) is 20.3 Å². The molecule has 2 rings (SSSR count). The van der Waals surface area contributed by atoms with Crippen LogP contribution >= 0.6 is 0 Å². The zero-order chi connectivity index (χ0) is 13.8. The highest BCUT2D eigenvalue weighted by molar-refractivity contribution is 5.65. The van der Waals surface area contributed by atoms with Crippen molar-refractivity contribution in [3.63, 3.8) is 0 Å². The van der Waals surface area contributed by atoms with Gasteiger partial charge in [-0.15, -0.1) is 0 Å². The first-order chi connectivity index (χ1) is 9.10. The molecule has 100 valence electrons. The van der Waals surface area contributed by atoms with Gasteiger partial charge < -0.3 is 10.5 Å². The third-order valence-electron chi connectivity index (χ3n) is 2.76. The summed E-state index contributed by atoms with van der Waals surface area (Å²) in [6.07, 6.45) is 0.884. The fourth-order valence-corrected chi connectivity index (χ4v) is 1.99. The topological polar surface area (TPSA) is 61.0 Å². The van der Waals surface area contributed by atoms with Crippen molar-refractivity contribution in [2.24, 2.45) is 5.92 Å². The number of ether oxygens (including phenoxy) is 1. The molecule has 0 atom stereocenters. The van der Waals surface area contributed by atoms with Crippen LogP contribution in [0, 0.1) is 5.92 Å². The number of methoxy groups -OCH3 is 1. The van der Waals surface area contributed by atoms with Crippen molar-refractivity contribution in [3.8, 4) is 17.1 Å². The standard InChI is InChI=1S/C15H19N3O/c1-10(2)8-11-9-14(16)18-15(17-11)12-6-4-5-7-13(12)19-3/h4-7,9-10H,8H2,1-3H3,(H2,16,17,18). The molecular weight excluding hydrogens is 238 g/mol. The zero-order valence-corrected chi connectivity index (χ0v) is 11.6. The quantitative estimate of drug-likeness (QED) is 0.914. The molecule has 2 aromatic rings. The van der Waals surface area contributed by atoms with Crippen molar-refractivity contribution in [1.82, 2.24) is 9.97 Å². The van der Waals surface area contributed by atoms with E-state index < -0.39 is 0 Å². The molecule has 0 aliphatic carbocycles. The van der Waals surface area contributed by atoms with Gasteiger partial charge in [-0.2, -0.15) is 0 Å². The molecule has 0 aliphatic heterocycles. The predicted molar refractivity (Wildman–Crippen MR) is 77.0 cm³/mol. The minimum absolute atomic E-state index is 0.492. The predicted octanol–water partition coefficient (Wildman–Crippen LogP) is 2.93. The number of rotatable bonds is 4. The van der Waals surface area contributed by atoms with Crippen LogP contribution in [0.15, 0.2) is 30.3 Å². The first kappa shape index (κ1) is 13.3. The van der Waals surface area contributed by atoms with Gasteiger partial charge in [0.25, 0.3) is 0 Å². The number of nitrogens with zero attached hydrogens (tertiary/aromatic N) is 2. The molecule has 1 heterocycles. The highest BCUT2D eigenvalue weighted by atomic mass is 16.5. The summed E-state index contributed by atoms with van der Waals surface area (Å²) < 4.78 is 5.34. The highest BCUT2D eigenvalue weighted by Crippen LogP contribution is 2.27. The Balaban J connectivity index is 2.47. The number of hydrogen-bond acceptors (Lipinski definition) is 4. The van der Waals surface area contributed by atoms with E-state index in [0.29, 0.717) is 17.6 Å². The molecule has 0 bridgehead atoms. The van der Waals surface area contributed by atoms with Crippen molar-refractivity contribution in [2.75, 3.05) is 12.8 Å². The van der Waals surface area contributed by atoms with Crippen molar-refractivity contribution in [1.29, 1.82) is 0 Å². The molecule has 4 heteroatoms. The molecule has 0 saturated heterocycles. The summed E-state index contributed by atoms with van der Waals surface area (Å²) in [5, 5.41) is 0. The van der Waals surface area contributed by atoms with Gasteiger partial charge in [-0.3, -0.25) is 0 Å². The normalized spacial score (nSPS) is 10.7. The summed E-state index contributed by atoms with van der Waals surface area (Å²) in [7, 11) is 1.64. The second-order valence-electron chi connectivity index (χ2n) is 4.91. The van der Waals surface area contributed by atoms with Gasteiger partial charge in [0.2, 0.25) is 0 Å². The maximum atomic E-state index is 5.87. The third kappa shape index (κ3) is 3.22. The second-order valence-corrected chi connectivity index (χ2v) is 4.91. The first-order valence-corrected chi connectivity index (χ1v) is 6.37. The molecule has 1 aromatic heterocycles. The van der Waals surface area contributed by atoms with Crippen LogP contribution in [0.5, 0.6) is 5.75 Å². The number of hydrogen-bond donors (Lipinski definition) is 1. The van der Waals surface area contributed by atoms with E-state index in [4.69, 9.17) is 10.5 Å². The molecular formula is C15H19N3O. The van der Waals surface area contributed by atoms with Gasteiger partial charge in [0, 0.05) is 11.8 Å².